The lowest BCUT2D eigenvalue weighted by molar-refractivity contribution is 0.0690. The molecule has 110 valence electrons. The number of halogens is 1. The zero-order valence-electron chi connectivity index (χ0n) is 12.3. The lowest BCUT2D eigenvalue weighted by Gasteiger charge is -2.52. The number of hydrogen-bond donors (Lipinski definition) is 1. The largest absolute Gasteiger partial charge is 0.476 e. The highest BCUT2D eigenvalue weighted by atomic mass is 35.5. The maximum atomic E-state index is 11.2. The number of hydrogen-bond acceptors (Lipinski definition) is 4. The zero-order valence-corrected chi connectivity index (χ0v) is 13.0. The standard InChI is InChI=1S/C14H20ClN3O2/c1-13(2)6-5-7-14(3,4)18(13)12-16-8-9(15)10(17-12)11(19)20/h8H,5-7H2,1-4H3,(H,19,20). The second kappa shape index (κ2) is 4.88. The van der Waals surface area contributed by atoms with Crippen LogP contribution >= 0.6 is 11.6 Å². The van der Waals surface area contributed by atoms with Crippen molar-refractivity contribution >= 4 is 23.5 Å². The van der Waals surface area contributed by atoms with Crippen molar-refractivity contribution in [3.8, 4) is 0 Å². The van der Waals surface area contributed by atoms with E-state index < -0.39 is 5.97 Å². The molecule has 0 amide bonds. The minimum absolute atomic E-state index is 0.0638. The number of carboxylic acids is 1. The van der Waals surface area contributed by atoms with Gasteiger partial charge in [0, 0.05) is 11.1 Å². The van der Waals surface area contributed by atoms with Crippen LogP contribution in [0.25, 0.3) is 0 Å². The van der Waals surface area contributed by atoms with Gasteiger partial charge in [0.15, 0.2) is 5.69 Å². The number of carbonyl (C=O) groups is 1. The molecule has 0 saturated carbocycles. The first-order valence-electron chi connectivity index (χ1n) is 6.71. The first-order valence-corrected chi connectivity index (χ1v) is 7.09. The predicted octanol–water partition coefficient (Wildman–Crippen LogP) is 3.38. The second-order valence-electron chi connectivity index (χ2n) is 6.49. The molecule has 0 unspecified atom stereocenters. The highest BCUT2D eigenvalue weighted by molar-refractivity contribution is 6.33. The summed E-state index contributed by atoms with van der Waals surface area (Å²) in [5.74, 6) is -0.701. The average molecular weight is 298 g/mol. The summed E-state index contributed by atoms with van der Waals surface area (Å²) in [7, 11) is 0. The summed E-state index contributed by atoms with van der Waals surface area (Å²) in [4.78, 5) is 21.7. The van der Waals surface area contributed by atoms with Gasteiger partial charge in [-0.25, -0.2) is 14.8 Å². The molecule has 2 heterocycles. The first kappa shape index (κ1) is 15.0. The molecule has 0 aliphatic carbocycles. The third kappa shape index (κ3) is 2.59. The SMILES string of the molecule is CC1(C)CCCC(C)(C)N1c1ncc(Cl)c(C(=O)O)n1. The summed E-state index contributed by atoms with van der Waals surface area (Å²) in [6.07, 6.45) is 4.54. The Morgan fingerprint density at radius 1 is 1.30 bits per heavy atom. The molecule has 1 aromatic heterocycles. The van der Waals surface area contributed by atoms with Gasteiger partial charge in [0.1, 0.15) is 0 Å². The quantitative estimate of drug-likeness (QED) is 0.906. The van der Waals surface area contributed by atoms with E-state index in [9.17, 15) is 4.79 Å². The smallest absolute Gasteiger partial charge is 0.356 e. The minimum atomic E-state index is -1.13. The molecule has 0 spiro atoms. The molecule has 2 rings (SSSR count). The van der Waals surface area contributed by atoms with Gasteiger partial charge in [-0.1, -0.05) is 11.6 Å². The van der Waals surface area contributed by atoms with Gasteiger partial charge >= 0.3 is 5.97 Å². The fourth-order valence-electron chi connectivity index (χ4n) is 3.15. The van der Waals surface area contributed by atoms with Crippen LogP contribution in [0.4, 0.5) is 5.95 Å². The normalized spacial score (nSPS) is 20.8. The Kier molecular flexibility index (Phi) is 3.67. The summed E-state index contributed by atoms with van der Waals surface area (Å²) in [6, 6.07) is 0. The summed E-state index contributed by atoms with van der Waals surface area (Å²) >= 11 is 5.85. The van der Waals surface area contributed by atoms with Gasteiger partial charge in [0.05, 0.1) is 11.2 Å². The van der Waals surface area contributed by atoms with Crippen molar-refractivity contribution in [3.05, 3.63) is 16.9 Å². The molecule has 0 aromatic carbocycles. The molecule has 1 aliphatic heterocycles. The molecular weight excluding hydrogens is 278 g/mol. The summed E-state index contributed by atoms with van der Waals surface area (Å²) in [5.41, 5.74) is -0.384. The van der Waals surface area contributed by atoms with Crippen molar-refractivity contribution in [1.29, 1.82) is 0 Å². The van der Waals surface area contributed by atoms with Crippen molar-refractivity contribution in [2.45, 2.75) is 58.0 Å². The molecule has 6 heteroatoms. The van der Waals surface area contributed by atoms with Crippen LogP contribution in [0.5, 0.6) is 0 Å². The number of piperidine rings is 1. The van der Waals surface area contributed by atoms with E-state index in [0.29, 0.717) is 5.95 Å². The maximum Gasteiger partial charge on any atom is 0.356 e. The van der Waals surface area contributed by atoms with E-state index in [1.807, 2.05) is 0 Å². The van der Waals surface area contributed by atoms with Crippen LogP contribution in [0.2, 0.25) is 5.02 Å². The predicted molar refractivity (Wildman–Crippen MR) is 78.5 cm³/mol. The van der Waals surface area contributed by atoms with Crippen molar-refractivity contribution < 1.29 is 9.90 Å². The molecule has 1 aromatic rings. The van der Waals surface area contributed by atoms with E-state index >= 15 is 0 Å². The van der Waals surface area contributed by atoms with Gasteiger partial charge < -0.3 is 10.0 Å². The molecule has 5 nitrogen and oxygen atoms in total. The van der Waals surface area contributed by atoms with Crippen molar-refractivity contribution in [3.63, 3.8) is 0 Å². The highest BCUT2D eigenvalue weighted by Crippen LogP contribution is 2.40. The summed E-state index contributed by atoms with van der Waals surface area (Å²) < 4.78 is 0. The molecule has 1 aliphatic rings. The van der Waals surface area contributed by atoms with E-state index in [2.05, 4.69) is 42.6 Å². The Bertz CT molecular complexity index is 527. The number of rotatable bonds is 2. The van der Waals surface area contributed by atoms with Gasteiger partial charge in [0.25, 0.3) is 0 Å². The van der Waals surface area contributed by atoms with Crippen LogP contribution < -0.4 is 4.90 Å². The lowest BCUT2D eigenvalue weighted by Crippen LogP contribution is -2.59. The lowest BCUT2D eigenvalue weighted by atomic mass is 9.80. The van der Waals surface area contributed by atoms with E-state index in [1.54, 1.807) is 0 Å². The van der Waals surface area contributed by atoms with E-state index in [1.165, 1.54) is 6.20 Å². The van der Waals surface area contributed by atoms with Gasteiger partial charge in [0.2, 0.25) is 5.95 Å². The van der Waals surface area contributed by atoms with Gasteiger partial charge in [-0.15, -0.1) is 0 Å². The van der Waals surface area contributed by atoms with Crippen molar-refractivity contribution in [2.75, 3.05) is 4.90 Å². The zero-order chi connectivity index (χ0) is 15.1. The van der Waals surface area contributed by atoms with Crippen LogP contribution in [-0.4, -0.2) is 32.1 Å². The fourth-order valence-corrected chi connectivity index (χ4v) is 3.33. The van der Waals surface area contributed by atoms with Crippen LogP contribution in [0.1, 0.15) is 57.4 Å². The van der Waals surface area contributed by atoms with Gasteiger partial charge in [-0.05, 0) is 47.0 Å². The molecule has 20 heavy (non-hydrogen) atoms. The average Bonchev–Trinajstić information content (AvgIpc) is 2.28. The van der Waals surface area contributed by atoms with Crippen molar-refractivity contribution in [1.82, 2.24) is 9.97 Å². The summed E-state index contributed by atoms with van der Waals surface area (Å²) in [5, 5.41) is 9.22. The number of aromatic nitrogens is 2. The molecule has 0 bridgehead atoms. The second-order valence-corrected chi connectivity index (χ2v) is 6.89. The van der Waals surface area contributed by atoms with E-state index in [0.717, 1.165) is 19.3 Å². The minimum Gasteiger partial charge on any atom is -0.476 e. The number of aromatic carboxylic acids is 1. The monoisotopic (exact) mass is 297 g/mol. The number of carboxylic acid groups (broad SMARTS) is 1. The Hall–Kier alpha value is -1.36. The van der Waals surface area contributed by atoms with Gasteiger partial charge in [-0.2, -0.15) is 0 Å². The Morgan fingerprint density at radius 3 is 2.35 bits per heavy atom. The van der Waals surface area contributed by atoms with Crippen molar-refractivity contribution in [2.24, 2.45) is 0 Å². The van der Waals surface area contributed by atoms with E-state index in [4.69, 9.17) is 16.7 Å². The molecule has 0 atom stereocenters. The van der Waals surface area contributed by atoms with Crippen LogP contribution in [0.15, 0.2) is 6.20 Å². The number of nitrogens with zero attached hydrogens (tertiary/aromatic N) is 3. The Balaban J connectivity index is 2.53. The van der Waals surface area contributed by atoms with Crippen LogP contribution in [-0.2, 0) is 0 Å². The Labute approximate surface area is 124 Å². The molecular formula is C14H20ClN3O2. The maximum absolute atomic E-state index is 11.2. The Morgan fingerprint density at radius 2 is 1.85 bits per heavy atom. The topological polar surface area (TPSA) is 66.3 Å². The van der Waals surface area contributed by atoms with Gasteiger partial charge in [-0.3, -0.25) is 0 Å². The van der Waals surface area contributed by atoms with Crippen LogP contribution in [0, 0.1) is 0 Å². The number of anilines is 1. The molecule has 0 radical (unpaired) electrons. The molecule has 1 saturated heterocycles. The third-order valence-electron chi connectivity index (χ3n) is 3.92. The van der Waals surface area contributed by atoms with Crippen LogP contribution in [0.3, 0.4) is 0 Å². The summed E-state index contributed by atoms with van der Waals surface area (Å²) in [6.45, 7) is 8.53. The molecule has 1 N–H and O–H groups in total. The first-order chi connectivity index (χ1) is 9.15. The third-order valence-corrected chi connectivity index (χ3v) is 4.20. The fraction of sp³-hybridized carbons (Fsp3) is 0.643. The highest BCUT2D eigenvalue weighted by Gasteiger charge is 2.43. The van der Waals surface area contributed by atoms with E-state index in [-0.39, 0.29) is 21.8 Å². The molecule has 1 fully saturated rings.